The number of carbonyl (C=O) groups excluding carboxylic acids is 2. The van der Waals surface area contributed by atoms with Crippen molar-refractivity contribution in [2.75, 3.05) is 26.0 Å². The van der Waals surface area contributed by atoms with Crippen LogP contribution in [0.15, 0.2) is 24.3 Å². The number of halogens is 3. The SMILES string of the molecule is COC(=O)CSC1CCN(C(=O)c2ccc(OC(F)(F)F)cc2)C1. The fourth-order valence-electron chi connectivity index (χ4n) is 2.28. The standard InChI is InChI=1S/C15H16F3NO4S/c1-22-13(20)9-24-12-6-7-19(8-12)14(21)10-2-4-11(5-3-10)23-15(16,17)18/h2-5,12H,6-9H2,1H3. The van der Waals surface area contributed by atoms with Gasteiger partial charge in [-0.15, -0.1) is 24.9 Å². The number of carbonyl (C=O) groups is 2. The minimum absolute atomic E-state index is 0.140. The highest BCUT2D eigenvalue weighted by Crippen LogP contribution is 2.26. The van der Waals surface area contributed by atoms with Crippen LogP contribution in [0.1, 0.15) is 16.8 Å². The molecule has 1 amide bonds. The van der Waals surface area contributed by atoms with Crippen LogP contribution in [0, 0.1) is 0 Å². The van der Waals surface area contributed by atoms with E-state index in [2.05, 4.69) is 9.47 Å². The number of hydrogen-bond donors (Lipinski definition) is 0. The number of benzene rings is 1. The van der Waals surface area contributed by atoms with Crippen molar-refractivity contribution in [3.05, 3.63) is 29.8 Å². The fraction of sp³-hybridized carbons (Fsp3) is 0.467. The zero-order valence-electron chi connectivity index (χ0n) is 12.8. The Hall–Kier alpha value is -1.90. The van der Waals surface area contributed by atoms with Gasteiger partial charge in [-0.1, -0.05) is 0 Å². The van der Waals surface area contributed by atoms with Gasteiger partial charge >= 0.3 is 12.3 Å². The molecule has 1 aliphatic rings. The van der Waals surface area contributed by atoms with Crippen LogP contribution in [0.5, 0.6) is 5.75 Å². The van der Waals surface area contributed by atoms with E-state index in [1.54, 1.807) is 4.90 Å². The molecule has 1 heterocycles. The zero-order chi connectivity index (χ0) is 17.7. The lowest BCUT2D eigenvalue weighted by atomic mass is 10.2. The van der Waals surface area contributed by atoms with Crippen molar-refractivity contribution in [3.8, 4) is 5.75 Å². The average molecular weight is 363 g/mol. The van der Waals surface area contributed by atoms with Crippen molar-refractivity contribution in [3.63, 3.8) is 0 Å². The van der Waals surface area contributed by atoms with Gasteiger partial charge in [-0.25, -0.2) is 0 Å². The molecule has 0 spiro atoms. The maximum absolute atomic E-state index is 12.3. The molecule has 1 unspecified atom stereocenters. The molecule has 1 fully saturated rings. The Balaban J connectivity index is 1.89. The van der Waals surface area contributed by atoms with Gasteiger partial charge in [0.05, 0.1) is 12.9 Å². The number of nitrogens with zero attached hydrogens (tertiary/aromatic N) is 1. The first-order valence-corrected chi connectivity index (χ1v) is 8.17. The summed E-state index contributed by atoms with van der Waals surface area (Å²) in [6.07, 6.45) is -4.01. The van der Waals surface area contributed by atoms with E-state index in [1.165, 1.54) is 31.0 Å². The highest BCUT2D eigenvalue weighted by molar-refractivity contribution is 8.00. The summed E-state index contributed by atoms with van der Waals surface area (Å²) in [5, 5.41) is 0.140. The molecule has 0 aromatic heterocycles. The smallest absolute Gasteiger partial charge is 0.468 e. The van der Waals surface area contributed by atoms with E-state index in [1.807, 2.05) is 0 Å². The minimum Gasteiger partial charge on any atom is -0.468 e. The summed E-state index contributed by atoms with van der Waals surface area (Å²) >= 11 is 1.43. The van der Waals surface area contributed by atoms with Crippen LogP contribution in [0.2, 0.25) is 0 Å². The molecule has 0 radical (unpaired) electrons. The zero-order valence-corrected chi connectivity index (χ0v) is 13.7. The molecule has 0 saturated carbocycles. The van der Waals surface area contributed by atoms with Crippen molar-refractivity contribution in [2.24, 2.45) is 0 Å². The van der Waals surface area contributed by atoms with Crippen LogP contribution >= 0.6 is 11.8 Å². The van der Waals surface area contributed by atoms with Gasteiger partial charge in [-0.2, -0.15) is 0 Å². The molecule has 0 bridgehead atoms. The minimum atomic E-state index is -4.76. The van der Waals surface area contributed by atoms with E-state index < -0.39 is 6.36 Å². The summed E-state index contributed by atoms with van der Waals surface area (Å²) in [4.78, 5) is 25.1. The average Bonchev–Trinajstić information content (AvgIpc) is 3.00. The van der Waals surface area contributed by atoms with E-state index >= 15 is 0 Å². The number of thioether (sulfide) groups is 1. The van der Waals surface area contributed by atoms with Gasteiger partial charge in [0, 0.05) is 23.9 Å². The van der Waals surface area contributed by atoms with Gasteiger partial charge in [0.1, 0.15) is 5.75 Å². The third-order valence-electron chi connectivity index (χ3n) is 3.43. The van der Waals surface area contributed by atoms with Crippen LogP contribution in [-0.4, -0.2) is 54.3 Å². The Labute approximate surface area is 141 Å². The third kappa shape index (κ3) is 5.33. The topological polar surface area (TPSA) is 55.8 Å². The number of hydrogen-bond acceptors (Lipinski definition) is 5. The monoisotopic (exact) mass is 363 g/mol. The van der Waals surface area contributed by atoms with Crippen LogP contribution in [-0.2, 0) is 9.53 Å². The first-order chi connectivity index (χ1) is 11.3. The molecule has 24 heavy (non-hydrogen) atoms. The Morgan fingerprint density at radius 2 is 1.96 bits per heavy atom. The maximum atomic E-state index is 12.3. The lowest BCUT2D eigenvalue weighted by Gasteiger charge is -2.17. The quantitative estimate of drug-likeness (QED) is 0.753. The third-order valence-corrected chi connectivity index (χ3v) is 4.69. The summed E-state index contributed by atoms with van der Waals surface area (Å²) < 4.78 is 44.7. The molecule has 0 aliphatic carbocycles. The molecule has 132 valence electrons. The first-order valence-electron chi connectivity index (χ1n) is 7.12. The second-order valence-electron chi connectivity index (χ2n) is 5.12. The molecule has 1 aromatic rings. The summed E-state index contributed by atoms with van der Waals surface area (Å²) in [7, 11) is 1.32. The van der Waals surface area contributed by atoms with Gasteiger partial charge in [0.2, 0.25) is 0 Å². The maximum Gasteiger partial charge on any atom is 0.573 e. The summed E-state index contributed by atoms with van der Waals surface area (Å²) in [6.45, 7) is 1.03. The van der Waals surface area contributed by atoms with E-state index in [-0.39, 0.29) is 28.6 Å². The van der Waals surface area contributed by atoms with E-state index in [0.29, 0.717) is 18.7 Å². The van der Waals surface area contributed by atoms with Gasteiger partial charge < -0.3 is 14.4 Å². The normalized spacial score (nSPS) is 17.7. The number of amides is 1. The van der Waals surface area contributed by atoms with E-state index in [0.717, 1.165) is 18.6 Å². The molecular formula is C15H16F3NO4S. The summed E-state index contributed by atoms with van der Waals surface area (Å²) in [6, 6.07) is 4.83. The number of rotatable bonds is 5. The van der Waals surface area contributed by atoms with E-state index in [4.69, 9.17) is 0 Å². The van der Waals surface area contributed by atoms with Gasteiger partial charge in [0.25, 0.3) is 5.91 Å². The van der Waals surface area contributed by atoms with Crippen molar-refractivity contribution in [1.82, 2.24) is 4.90 Å². The lowest BCUT2D eigenvalue weighted by Crippen LogP contribution is -2.29. The van der Waals surface area contributed by atoms with E-state index in [9.17, 15) is 22.8 Å². The van der Waals surface area contributed by atoms with Gasteiger partial charge in [-0.05, 0) is 30.7 Å². The Bertz CT molecular complexity index is 591. The van der Waals surface area contributed by atoms with Gasteiger partial charge in [0.15, 0.2) is 0 Å². The fourth-order valence-corrected chi connectivity index (χ4v) is 3.32. The van der Waals surface area contributed by atoms with Crippen LogP contribution in [0.3, 0.4) is 0 Å². The summed E-state index contributed by atoms with van der Waals surface area (Å²) in [5.41, 5.74) is 0.295. The number of methoxy groups -OCH3 is 1. The highest BCUT2D eigenvalue weighted by atomic mass is 32.2. The van der Waals surface area contributed by atoms with Crippen LogP contribution < -0.4 is 4.74 Å². The lowest BCUT2D eigenvalue weighted by molar-refractivity contribution is -0.274. The predicted octanol–water partition coefficient (Wildman–Crippen LogP) is 2.71. The van der Waals surface area contributed by atoms with Crippen LogP contribution in [0.4, 0.5) is 13.2 Å². The number of esters is 1. The number of alkyl halides is 3. The molecule has 5 nitrogen and oxygen atoms in total. The molecular weight excluding hydrogens is 347 g/mol. The van der Waals surface area contributed by atoms with Crippen molar-refractivity contribution in [2.45, 2.75) is 18.0 Å². The summed E-state index contributed by atoms with van der Waals surface area (Å²) in [5.74, 6) is -0.709. The van der Waals surface area contributed by atoms with Crippen molar-refractivity contribution in [1.29, 1.82) is 0 Å². The Morgan fingerprint density at radius 3 is 2.54 bits per heavy atom. The van der Waals surface area contributed by atoms with Crippen molar-refractivity contribution >= 4 is 23.6 Å². The molecule has 1 atom stereocenters. The molecule has 1 saturated heterocycles. The molecule has 1 aliphatic heterocycles. The molecule has 2 rings (SSSR count). The molecule has 9 heteroatoms. The number of ether oxygens (including phenoxy) is 2. The number of likely N-dealkylation sites (tertiary alicyclic amines) is 1. The second kappa shape index (κ2) is 7.78. The molecule has 0 N–H and O–H groups in total. The highest BCUT2D eigenvalue weighted by Gasteiger charge is 2.31. The van der Waals surface area contributed by atoms with Crippen molar-refractivity contribution < 1.29 is 32.2 Å². The van der Waals surface area contributed by atoms with Gasteiger partial charge in [-0.3, -0.25) is 9.59 Å². The van der Waals surface area contributed by atoms with Crippen LogP contribution in [0.25, 0.3) is 0 Å². The Kier molecular flexibility index (Phi) is 5.98. The molecule has 1 aromatic carbocycles. The second-order valence-corrected chi connectivity index (χ2v) is 6.41. The first kappa shape index (κ1) is 18.4. The Morgan fingerprint density at radius 1 is 1.29 bits per heavy atom. The largest absolute Gasteiger partial charge is 0.573 e. The predicted molar refractivity (Wildman–Crippen MR) is 81.9 cm³/mol.